The number of esters is 1. The van der Waals surface area contributed by atoms with Crippen molar-refractivity contribution in [2.24, 2.45) is 5.73 Å². The fraction of sp³-hybridized carbons (Fsp3) is 0.222. The Balaban J connectivity index is 3.32. The zero-order valence-corrected chi connectivity index (χ0v) is 9.02. The predicted molar refractivity (Wildman–Crippen MR) is 55.7 cm³/mol. The van der Waals surface area contributed by atoms with Crippen LogP contribution in [0.25, 0.3) is 0 Å². The van der Waals surface area contributed by atoms with Crippen molar-refractivity contribution in [2.45, 2.75) is 6.54 Å². The molecule has 76 valence electrons. The number of halogens is 2. The quantitative estimate of drug-likeness (QED) is 0.798. The number of rotatable bonds is 2. The number of methoxy groups -OCH3 is 1. The van der Waals surface area contributed by atoms with E-state index in [0.29, 0.717) is 5.56 Å². The Kier molecular flexibility index (Phi) is 3.75. The molecule has 1 rings (SSSR count). The van der Waals surface area contributed by atoms with Gasteiger partial charge in [0, 0.05) is 6.54 Å². The van der Waals surface area contributed by atoms with Gasteiger partial charge in [0.2, 0.25) is 0 Å². The number of nitrogens with two attached hydrogens (primary N) is 1. The highest BCUT2D eigenvalue weighted by Crippen LogP contribution is 2.28. The highest BCUT2D eigenvalue weighted by molar-refractivity contribution is 6.39. The molecule has 5 heteroatoms. The van der Waals surface area contributed by atoms with Gasteiger partial charge in [-0.3, -0.25) is 0 Å². The third kappa shape index (κ3) is 2.00. The molecular formula is C9H9Cl2NO2. The molecule has 0 atom stereocenters. The largest absolute Gasteiger partial charge is 0.465 e. The lowest BCUT2D eigenvalue weighted by Crippen LogP contribution is -2.06. The summed E-state index contributed by atoms with van der Waals surface area (Å²) in [4.78, 5) is 11.3. The molecule has 0 saturated carbocycles. The second-order valence-electron chi connectivity index (χ2n) is 2.59. The summed E-state index contributed by atoms with van der Waals surface area (Å²) in [6, 6.07) is 3.25. The van der Waals surface area contributed by atoms with Crippen molar-refractivity contribution in [1.82, 2.24) is 0 Å². The minimum atomic E-state index is -0.560. The maximum absolute atomic E-state index is 11.3. The summed E-state index contributed by atoms with van der Waals surface area (Å²) in [5.74, 6) is -0.560. The Morgan fingerprint density at radius 2 is 2.14 bits per heavy atom. The van der Waals surface area contributed by atoms with E-state index >= 15 is 0 Å². The minimum Gasteiger partial charge on any atom is -0.465 e. The van der Waals surface area contributed by atoms with E-state index in [9.17, 15) is 4.79 Å². The normalized spacial score (nSPS) is 10.0. The van der Waals surface area contributed by atoms with Gasteiger partial charge in [-0.25, -0.2) is 4.79 Å². The van der Waals surface area contributed by atoms with Crippen LogP contribution >= 0.6 is 23.2 Å². The molecule has 0 bridgehead atoms. The molecule has 3 nitrogen and oxygen atoms in total. The monoisotopic (exact) mass is 233 g/mol. The molecule has 14 heavy (non-hydrogen) atoms. The SMILES string of the molecule is COC(=O)c1c(Cl)ccc(CN)c1Cl. The standard InChI is InChI=1S/C9H9Cl2NO2/c1-14-9(13)7-6(10)3-2-5(4-12)8(7)11/h2-3H,4,12H2,1H3. The van der Waals surface area contributed by atoms with E-state index < -0.39 is 5.97 Å². The number of carbonyl (C=O) groups is 1. The summed E-state index contributed by atoms with van der Waals surface area (Å²) in [7, 11) is 1.27. The van der Waals surface area contributed by atoms with E-state index in [1.165, 1.54) is 7.11 Å². The zero-order chi connectivity index (χ0) is 10.7. The summed E-state index contributed by atoms with van der Waals surface area (Å²) < 4.78 is 4.55. The Hall–Kier alpha value is -0.770. The number of hydrogen-bond donors (Lipinski definition) is 1. The van der Waals surface area contributed by atoms with Gasteiger partial charge in [0.25, 0.3) is 0 Å². The average molecular weight is 234 g/mol. The highest BCUT2D eigenvalue weighted by atomic mass is 35.5. The van der Waals surface area contributed by atoms with Crippen LogP contribution < -0.4 is 5.73 Å². The van der Waals surface area contributed by atoms with Gasteiger partial charge < -0.3 is 10.5 Å². The molecular weight excluding hydrogens is 225 g/mol. The lowest BCUT2D eigenvalue weighted by molar-refractivity contribution is 0.0601. The van der Waals surface area contributed by atoms with Crippen molar-refractivity contribution >= 4 is 29.2 Å². The van der Waals surface area contributed by atoms with Crippen LogP contribution in [0.1, 0.15) is 15.9 Å². The number of ether oxygens (including phenoxy) is 1. The molecule has 0 unspecified atom stereocenters. The van der Waals surface area contributed by atoms with E-state index in [0.717, 1.165) is 0 Å². The summed E-state index contributed by atoms with van der Waals surface area (Å²) in [5, 5.41) is 0.519. The third-order valence-corrected chi connectivity index (χ3v) is 2.53. The van der Waals surface area contributed by atoms with Gasteiger partial charge in [0.1, 0.15) is 0 Å². The van der Waals surface area contributed by atoms with Gasteiger partial charge in [0.05, 0.1) is 22.7 Å². The lowest BCUT2D eigenvalue weighted by Gasteiger charge is -2.08. The second-order valence-corrected chi connectivity index (χ2v) is 3.38. The lowest BCUT2D eigenvalue weighted by atomic mass is 10.1. The molecule has 2 N–H and O–H groups in total. The number of carbonyl (C=O) groups excluding carboxylic acids is 1. The van der Waals surface area contributed by atoms with Crippen molar-refractivity contribution in [2.75, 3.05) is 7.11 Å². The predicted octanol–water partition coefficient (Wildman–Crippen LogP) is 2.24. The first kappa shape index (κ1) is 11.3. The summed E-state index contributed by atoms with van der Waals surface area (Å²) in [5.41, 5.74) is 6.26. The fourth-order valence-corrected chi connectivity index (χ4v) is 1.64. The van der Waals surface area contributed by atoms with E-state index in [1.54, 1.807) is 12.1 Å². The van der Waals surface area contributed by atoms with Gasteiger partial charge in [-0.05, 0) is 11.6 Å². The van der Waals surface area contributed by atoms with E-state index in [1.807, 2.05) is 0 Å². The molecule has 1 aromatic carbocycles. The molecule has 0 aliphatic carbocycles. The van der Waals surface area contributed by atoms with Crippen LogP contribution in [0.15, 0.2) is 12.1 Å². The molecule has 0 fully saturated rings. The van der Waals surface area contributed by atoms with Gasteiger partial charge in [-0.1, -0.05) is 29.3 Å². The highest BCUT2D eigenvalue weighted by Gasteiger charge is 2.17. The van der Waals surface area contributed by atoms with Crippen LogP contribution in [-0.4, -0.2) is 13.1 Å². The molecule has 0 heterocycles. The minimum absolute atomic E-state index is 0.166. The smallest absolute Gasteiger partial charge is 0.340 e. The molecule has 0 amide bonds. The Labute approximate surface area is 91.7 Å². The number of hydrogen-bond acceptors (Lipinski definition) is 3. The first-order chi connectivity index (χ1) is 6.61. The fourth-order valence-electron chi connectivity index (χ4n) is 1.04. The zero-order valence-electron chi connectivity index (χ0n) is 7.51. The molecule has 0 aliphatic rings. The molecule has 0 aliphatic heterocycles. The van der Waals surface area contributed by atoms with Gasteiger partial charge >= 0.3 is 5.97 Å². The molecule has 0 radical (unpaired) electrons. The third-order valence-electron chi connectivity index (χ3n) is 1.78. The first-order valence-corrected chi connectivity index (χ1v) is 4.62. The summed E-state index contributed by atoms with van der Waals surface area (Å²) >= 11 is 11.7. The Morgan fingerprint density at radius 1 is 1.50 bits per heavy atom. The van der Waals surface area contributed by atoms with Gasteiger partial charge in [0.15, 0.2) is 0 Å². The van der Waals surface area contributed by atoms with Crippen LogP contribution in [0, 0.1) is 0 Å². The van der Waals surface area contributed by atoms with Crippen molar-refractivity contribution in [1.29, 1.82) is 0 Å². The van der Waals surface area contributed by atoms with Crippen LogP contribution in [0.4, 0.5) is 0 Å². The van der Waals surface area contributed by atoms with Gasteiger partial charge in [-0.2, -0.15) is 0 Å². The van der Waals surface area contributed by atoms with Crippen molar-refractivity contribution < 1.29 is 9.53 Å². The maximum atomic E-state index is 11.3. The van der Waals surface area contributed by atoms with Crippen LogP contribution in [0.5, 0.6) is 0 Å². The molecule has 0 aromatic heterocycles. The van der Waals surface area contributed by atoms with Gasteiger partial charge in [-0.15, -0.1) is 0 Å². The second kappa shape index (κ2) is 4.64. The number of benzene rings is 1. The maximum Gasteiger partial charge on any atom is 0.340 e. The molecule has 1 aromatic rings. The van der Waals surface area contributed by atoms with Crippen molar-refractivity contribution in [3.63, 3.8) is 0 Å². The first-order valence-electron chi connectivity index (χ1n) is 3.87. The Bertz CT molecular complexity index is 366. The molecule has 0 saturated heterocycles. The average Bonchev–Trinajstić information content (AvgIpc) is 2.18. The van der Waals surface area contributed by atoms with Crippen molar-refractivity contribution in [3.05, 3.63) is 33.3 Å². The summed E-state index contributed by atoms with van der Waals surface area (Å²) in [6.45, 7) is 0.250. The summed E-state index contributed by atoms with van der Waals surface area (Å²) in [6.07, 6.45) is 0. The topological polar surface area (TPSA) is 52.3 Å². The van der Waals surface area contributed by atoms with Crippen LogP contribution in [0.2, 0.25) is 10.0 Å². The van der Waals surface area contributed by atoms with E-state index in [-0.39, 0.29) is 22.2 Å². The Morgan fingerprint density at radius 3 is 2.64 bits per heavy atom. The van der Waals surface area contributed by atoms with Crippen LogP contribution in [0.3, 0.4) is 0 Å². The van der Waals surface area contributed by atoms with E-state index in [4.69, 9.17) is 28.9 Å². The van der Waals surface area contributed by atoms with Crippen molar-refractivity contribution in [3.8, 4) is 0 Å². The molecule has 0 spiro atoms. The van der Waals surface area contributed by atoms with Crippen LogP contribution in [-0.2, 0) is 11.3 Å². The van der Waals surface area contributed by atoms with E-state index in [2.05, 4.69) is 4.74 Å².